The molecule has 0 amide bonds. The molecule has 7 nitrogen and oxygen atoms in total. The Kier molecular flexibility index (Phi) is 3.69. The Labute approximate surface area is 132 Å². The maximum Gasteiger partial charge on any atom is 0.299 e. The van der Waals surface area contributed by atoms with E-state index in [9.17, 15) is 4.79 Å². The fourth-order valence-electron chi connectivity index (χ4n) is 2.39. The zero-order valence-electron chi connectivity index (χ0n) is 13.4. The van der Waals surface area contributed by atoms with Gasteiger partial charge in [0, 0.05) is 7.05 Å². The molecule has 0 bridgehead atoms. The fourth-order valence-corrected chi connectivity index (χ4v) is 2.39. The van der Waals surface area contributed by atoms with Gasteiger partial charge in [0.25, 0.3) is 5.56 Å². The number of rotatable bonds is 3. The van der Waals surface area contributed by atoms with E-state index < -0.39 is 0 Å². The molecule has 3 aromatic rings. The zero-order valence-corrected chi connectivity index (χ0v) is 13.4. The molecule has 0 fully saturated rings. The molecular formula is C16H17N5O2. The van der Waals surface area contributed by atoms with Crippen molar-refractivity contribution in [2.45, 2.75) is 20.8 Å². The Hall–Kier alpha value is -2.96. The van der Waals surface area contributed by atoms with E-state index in [1.165, 1.54) is 0 Å². The van der Waals surface area contributed by atoms with Crippen LogP contribution in [0.15, 0.2) is 49.9 Å². The largest absolute Gasteiger partial charge is 0.359 e. The first kappa shape index (κ1) is 15.0. The van der Waals surface area contributed by atoms with E-state index in [1.807, 2.05) is 44.3 Å². The summed E-state index contributed by atoms with van der Waals surface area (Å²) in [5.74, 6) is 0.572. The topological polar surface area (TPSA) is 77.7 Å². The minimum Gasteiger partial charge on any atom is -0.359 e. The lowest BCUT2D eigenvalue weighted by atomic mass is 10.3. The second-order valence-electron chi connectivity index (χ2n) is 5.28. The number of aromatic nitrogens is 3. The van der Waals surface area contributed by atoms with Crippen LogP contribution in [0, 0.1) is 20.8 Å². The van der Waals surface area contributed by atoms with Gasteiger partial charge in [0.2, 0.25) is 0 Å². The predicted octanol–water partition coefficient (Wildman–Crippen LogP) is 3.50. The van der Waals surface area contributed by atoms with E-state index in [2.05, 4.69) is 15.4 Å². The lowest BCUT2D eigenvalue weighted by molar-refractivity contribution is 0.393. The summed E-state index contributed by atoms with van der Waals surface area (Å²) in [5.41, 5.74) is 2.79. The molecule has 0 aliphatic carbocycles. The van der Waals surface area contributed by atoms with Crippen LogP contribution >= 0.6 is 0 Å². The van der Waals surface area contributed by atoms with Crippen molar-refractivity contribution in [2.75, 3.05) is 0 Å². The lowest BCUT2D eigenvalue weighted by Crippen LogP contribution is -2.19. The van der Waals surface area contributed by atoms with Crippen molar-refractivity contribution in [2.24, 2.45) is 17.3 Å². The summed E-state index contributed by atoms with van der Waals surface area (Å²) in [6.45, 7) is 5.38. The number of hydrogen-bond donors (Lipinski definition) is 0. The second kappa shape index (κ2) is 5.68. The molecule has 1 aromatic carbocycles. The summed E-state index contributed by atoms with van der Waals surface area (Å²) in [7, 11) is 1.82. The van der Waals surface area contributed by atoms with Crippen LogP contribution in [0.4, 0.5) is 11.4 Å². The second-order valence-corrected chi connectivity index (χ2v) is 5.28. The third-order valence-electron chi connectivity index (χ3n) is 3.77. The molecule has 2 aromatic heterocycles. The number of benzene rings is 1. The number of aryl methyl sites for hydroxylation is 2. The van der Waals surface area contributed by atoms with Crippen LogP contribution in [-0.4, -0.2) is 14.5 Å². The highest BCUT2D eigenvalue weighted by molar-refractivity contribution is 5.47. The van der Waals surface area contributed by atoms with Crippen molar-refractivity contribution < 1.29 is 4.52 Å². The molecule has 0 N–H and O–H groups in total. The molecule has 0 radical (unpaired) electrons. The summed E-state index contributed by atoms with van der Waals surface area (Å²) in [4.78, 5) is 12.7. The molecule has 0 saturated carbocycles. The number of azo groups is 1. The molecular weight excluding hydrogens is 294 g/mol. The molecule has 118 valence electrons. The Bertz CT molecular complexity index is 912. The number of hydrogen-bond acceptors (Lipinski definition) is 5. The molecule has 3 rings (SSSR count). The molecule has 23 heavy (non-hydrogen) atoms. The van der Waals surface area contributed by atoms with Crippen molar-refractivity contribution in [3.8, 4) is 5.69 Å². The number of nitrogens with zero attached hydrogens (tertiary/aromatic N) is 5. The van der Waals surface area contributed by atoms with E-state index in [1.54, 1.807) is 23.2 Å². The van der Waals surface area contributed by atoms with Crippen LogP contribution in [0.5, 0.6) is 0 Å². The van der Waals surface area contributed by atoms with E-state index >= 15 is 0 Å². The molecule has 7 heteroatoms. The Balaban J connectivity index is 2.10. The highest BCUT2D eigenvalue weighted by Crippen LogP contribution is 2.25. The van der Waals surface area contributed by atoms with Gasteiger partial charge in [-0.2, -0.15) is 0 Å². The van der Waals surface area contributed by atoms with Crippen molar-refractivity contribution in [1.82, 2.24) is 14.5 Å². The van der Waals surface area contributed by atoms with Crippen LogP contribution in [0.1, 0.15) is 17.1 Å². The van der Waals surface area contributed by atoms with Gasteiger partial charge in [0.15, 0.2) is 17.1 Å². The van der Waals surface area contributed by atoms with Gasteiger partial charge in [0.1, 0.15) is 5.69 Å². The minimum absolute atomic E-state index is 0.216. The molecule has 0 atom stereocenters. The quantitative estimate of drug-likeness (QED) is 0.694. The molecule has 0 aliphatic rings. The molecule has 0 unspecified atom stereocenters. The maximum absolute atomic E-state index is 12.7. The minimum atomic E-state index is -0.216. The van der Waals surface area contributed by atoms with E-state index in [0.29, 0.717) is 22.8 Å². The summed E-state index contributed by atoms with van der Waals surface area (Å²) >= 11 is 0. The highest BCUT2D eigenvalue weighted by atomic mass is 16.5. The van der Waals surface area contributed by atoms with E-state index in [0.717, 1.165) is 11.4 Å². The number of para-hydroxylation sites is 1. The van der Waals surface area contributed by atoms with Crippen LogP contribution < -0.4 is 5.56 Å². The van der Waals surface area contributed by atoms with Crippen molar-refractivity contribution in [3.63, 3.8) is 0 Å². The van der Waals surface area contributed by atoms with Gasteiger partial charge < -0.3 is 4.52 Å². The van der Waals surface area contributed by atoms with E-state index in [-0.39, 0.29) is 5.56 Å². The normalized spacial score (nSPS) is 11.5. The van der Waals surface area contributed by atoms with E-state index in [4.69, 9.17) is 4.52 Å². The van der Waals surface area contributed by atoms with Gasteiger partial charge in [-0.05, 0) is 32.9 Å². The first-order chi connectivity index (χ1) is 11.0. The third-order valence-corrected chi connectivity index (χ3v) is 3.77. The van der Waals surface area contributed by atoms with Crippen LogP contribution in [-0.2, 0) is 7.05 Å². The summed E-state index contributed by atoms with van der Waals surface area (Å²) in [5, 5.41) is 12.1. The van der Waals surface area contributed by atoms with Crippen molar-refractivity contribution in [3.05, 3.63) is 57.8 Å². The molecule has 2 heterocycles. The Morgan fingerprint density at radius 1 is 1.04 bits per heavy atom. The van der Waals surface area contributed by atoms with Gasteiger partial charge in [-0.1, -0.05) is 23.4 Å². The predicted molar refractivity (Wildman–Crippen MR) is 85.9 cm³/mol. The molecule has 0 aliphatic heterocycles. The highest BCUT2D eigenvalue weighted by Gasteiger charge is 2.16. The lowest BCUT2D eigenvalue weighted by Gasteiger charge is -2.07. The Morgan fingerprint density at radius 2 is 1.70 bits per heavy atom. The summed E-state index contributed by atoms with van der Waals surface area (Å²) in [6, 6.07) is 9.42. The van der Waals surface area contributed by atoms with Gasteiger partial charge in [-0.15, -0.1) is 10.2 Å². The zero-order chi connectivity index (χ0) is 16.6. The van der Waals surface area contributed by atoms with Crippen LogP contribution in [0.2, 0.25) is 0 Å². The molecule has 0 saturated heterocycles. The smallest absolute Gasteiger partial charge is 0.299 e. The first-order valence-electron chi connectivity index (χ1n) is 7.19. The van der Waals surface area contributed by atoms with Crippen molar-refractivity contribution in [1.29, 1.82) is 0 Å². The average Bonchev–Trinajstić information content (AvgIpc) is 2.97. The summed E-state index contributed by atoms with van der Waals surface area (Å²) in [6.07, 6.45) is 0. The standard InChI is InChI=1S/C16H17N5O2/c1-10-14(12(3)23-19-10)17-18-15-11(2)20(4)21(16(15)22)13-8-6-5-7-9-13/h5-9H,1-4H3. The monoisotopic (exact) mass is 311 g/mol. The van der Waals surface area contributed by atoms with Gasteiger partial charge in [0.05, 0.1) is 11.4 Å². The van der Waals surface area contributed by atoms with Gasteiger partial charge in [-0.25, -0.2) is 4.68 Å². The Morgan fingerprint density at radius 3 is 2.30 bits per heavy atom. The molecule has 0 spiro atoms. The average molecular weight is 311 g/mol. The fraction of sp³-hybridized carbons (Fsp3) is 0.250. The van der Waals surface area contributed by atoms with Crippen LogP contribution in [0.25, 0.3) is 5.69 Å². The summed E-state index contributed by atoms with van der Waals surface area (Å²) < 4.78 is 8.38. The van der Waals surface area contributed by atoms with Gasteiger partial charge in [-0.3, -0.25) is 9.48 Å². The third kappa shape index (κ3) is 2.50. The maximum atomic E-state index is 12.7. The first-order valence-corrected chi connectivity index (χ1v) is 7.19. The SMILES string of the molecule is Cc1noc(C)c1N=Nc1c(C)n(C)n(-c2ccccc2)c1=O. The van der Waals surface area contributed by atoms with Gasteiger partial charge >= 0.3 is 0 Å². The van der Waals surface area contributed by atoms with Crippen LogP contribution in [0.3, 0.4) is 0 Å². The van der Waals surface area contributed by atoms with Crippen molar-refractivity contribution >= 4 is 11.4 Å².